The average Bonchev–Trinajstić information content (AvgIpc) is 3.09. The maximum atomic E-state index is 12.2. The largest absolute Gasteiger partial charge is 0.345 e. The molecule has 5 nitrogen and oxygen atoms in total. The van der Waals surface area contributed by atoms with Crippen LogP contribution >= 0.6 is 0 Å². The standard InChI is InChI=1S/C20H29N3O2/c1-2-3-11-23-12-9-17(10-13-23)21-19(24)20(25)22-18-8-7-15-5-4-6-16(15)14-18/h7-8,14,17H,2-6,9-13H2,1H3,(H,21,24)(H,22,25). The van der Waals surface area contributed by atoms with E-state index in [0.717, 1.165) is 51.0 Å². The van der Waals surface area contributed by atoms with Crippen LogP contribution in [0.2, 0.25) is 0 Å². The van der Waals surface area contributed by atoms with Gasteiger partial charge in [-0.25, -0.2) is 0 Å². The Labute approximate surface area is 150 Å². The number of carbonyl (C=O) groups excluding carboxylic acids is 2. The first-order chi connectivity index (χ1) is 12.2. The van der Waals surface area contributed by atoms with Gasteiger partial charge < -0.3 is 15.5 Å². The number of aryl methyl sites for hydroxylation is 2. The van der Waals surface area contributed by atoms with E-state index in [-0.39, 0.29) is 6.04 Å². The van der Waals surface area contributed by atoms with Gasteiger partial charge in [-0.05, 0) is 68.3 Å². The van der Waals surface area contributed by atoms with Crippen LogP contribution in [0.4, 0.5) is 5.69 Å². The molecule has 0 unspecified atom stereocenters. The number of hydrogen-bond acceptors (Lipinski definition) is 3. The first-order valence-corrected chi connectivity index (χ1v) is 9.61. The molecule has 136 valence electrons. The molecule has 5 heteroatoms. The van der Waals surface area contributed by atoms with Gasteiger partial charge in [0.05, 0.1) is 0 Å². The molecule has 0 aromatic heterocycles. The van der Waals surface area contributed by atoms with E-state index in [4.69, 9.17) is 0 Å². The molecule has 2 aliphatic rings. The predicted molar refractivity (Wildman–Crippen MR) is 99.6 cm³/mol. The Bertz CT molecular complexity index is 621. The molecule has 1 aliphatic carbocycles. The number of fused-ring (bicyclic) bond motifs is 1. The Morgan fingerprint density at radius 3 is 2.64 bits per heavy atom. The van der Waals surface area contributed by atoms with Crippen LogP contribution in [0.15, 0.2) is 18.2 Å². The van der Waals surface area contributed by atoms with Crippen molar-refractivity contribution in [3.8, 4) is 0 Å². The van der Waals surface area contributed by atoms with Crippen LogP contribution in [0.1, 0.15) is 50.2 Å². The molecule has 2 N–H and O–H groups in total. The zero-order chi connectivity index (χ0) is 17.6. The van der Waals surface area contributed by atoms with Crippen LogP contribution < -0.4 is 10.6 Å². The van der Waals surface area contributed by atoms with E-state index in [1.54, 1.807) is 0 Å². The van der Waals surface area contributed by atoms with Crippen LogP contribution in [-0.2, 0) is 22.4 Å². The van der Waals surface area contributed by atoms with Crippen molar-refractivity contribution in [2.24, 2.45) is 0 Å². The van der Waals surface area contributed by atoms with E-state index in [0.29, 0.717) is 0 Å². The van der Waals surface area contributed by atoms with E-state index in [2.05, 4.69) is 28.5 Å². The third-order valence-corrected chi connectivity index (χ3v) is 5.31. The van der Waals surface area contributed by atoms with E-state index >= 15 is 0 Å². The van der Waals surface area contributed by atoms with Crippen LogP contribution in [-0.4, -0.2) is 42.4 Å². The second-order valence-electron chi connectivity index (χ2n) is 7.23. The molecule has 0 saturated carbocycles. The minimum atomic E-state index is -0.564. The summed E-state index contributed by atoms with van der Waals surface area (Å²) in [7, 11) is 0. The van der Waals surface area contributed by atoms with Crippen molar-refractivity contribution in [1.29, 1.82) is 0 Å². The Kier molecular flexibility index (Phi) is 6.08. The van der Waals surface area contributed by atoms with Crippen molar-refractivity contribution in [1.82, 2.24) is 10.2 Å². The van der Waals surface area contributed by atoms with Crippen molar-refractivity contribution in [2.45, 2.75) is 57.9 Å². The highest BCUT2D eigenvalue weighted by molar-refractivity contribution is 6.39. The Morgan fingerprint density at radius 1 is 1.12 bits per heavy atom. The summed E-state index contributed by atoms with van der Waals surface area (Å²) >= 11 is 0. The van der Waals surface area contributed by atoms with Gasteiger partial charge in [0.15, 0.2) is 0 Å². The van der Waals surface area contributed by atoms with E-state index in [9.17, 15) is 9.59 Å². The maximum absolute atomic E-state index is 12.2. The number of nitrogens with one attached hydrogen (secondary N) is 2. The summed E-state index contributed by atoms with van der Waals surface area (Å²) < 4.78 is 0. The highest BCUT2D eigenvalue weighted by Gasteiger charge is 2.23. The summed E-state index contributed by atoms with van der Waals surface area (Å²) in [6, 6.07) is 6.06. The molecular formula is C20H29N3O2. The van der Waals surface area contributed by atoms with Crippen molar-refractivity contribution >= 4 is 17.5 Å². The molecule has 2 amide bonds. The number of amides is 2. The molecule has 0 bridgehead atoms. The molecule has 25 heavy (non-hydrogen) atoms. The number of piperidine rings is 1. The molecule has 0 spiro atoms. The molecule has 1 aliphatic heterocycles. The predicted octanol–water partition coefficient (Wildman–Crippen LogP) is 2.49. The summed E-state index contributed by atoms with van der Waals surface area (Å²) in [4.78, 5) is 26.8. The van der Waals surface area contributed by atoms with Gasteiger partial charge in [-0.3, -0.25) is 9.59 Å². The zero-order valence-corrected chi connectivity index (χ0v) is 15.1. The number of hydrogen-bond donors (Lipinski definition) is 2. The van der Waals surface area contributed by atoms with Gasteiger partial charge in [0, 0.05) is 24.8 Å². The average molecular weight is 343 g/mol. The number of likely N-dealkylation sites (tertiary alicyclic amines) is 1. The monoisotopic (exact) mass is 343 g/mol. The molecule has 1 heterocycles. The highest BCUT2D eigenvalue weighted by Crippen LogP contribution is 2.24. The second-order valence-corrected chi connectivity index (χ2v) is 7.23. The summed E-state index contributed by atoms with van der Waals surface area (Å²) in [5.41, 5.74) is 3.37. The lowest BCUT2D eigenvalue weighted by molar-refractivity contribution is -0.136. The van der Waals surface area contributed by atoms with Gasteiger partial charge in [0.25, 0.3) is 0 Å². The molecule has 1 aromatic carbocycles. The Morgan fingerprint density at radius 2 is 1.88 bits per heavy atom. The lowest BCUT2D eigenvalue weighted by Gasteiger charge is -2.32. The second kappa shape index (κ2) is 8.48. The molecule has 0 atom stereocenters. The van der Waals surface area contributed by atoms with Gasteiger partial charge in [-0.15, -0.1) is 0 Å². The first-order valence-electron chi connectivity index (χ1n) is 9.61. The van der Waals surface area contributed by atoms with Gasteiger partial charge in [0.2, 0.25) is 0 Å². The number of unbranched alkanes of at least 4 members (excludes halogenated alkanes) is 1. The van der Waals surface area contributed by atoms with Crippen LogP contribution in [0.25, 0.3) is 0 Å². The highest BCUT2D eigenvalue weighted by atomic mass is 16.2. The van der Waals surface area contributed by atoms with Gasteiger partial charge in [-0.1, -0.05) is 19.4 Å². The van der Waals surface area contributed by atoms with Gasteiger partial charge in [0.1, 0.15) is 0 Å². The summed E-state index contributed by atoms with van der Waals surface area (Å²) in [5.74, 6) is -1.08. The fourth-order valence-electron chi connectivity index (χ4n) is 3.77. The number of benzene rings is 1. The third kappa shape index (κ3) is 4.82. The Balaban J connectivity index is 1.44. The number of rotatable bonds is 5. The Hall–Kier alpha value is -1.88. The smallest absolute Gasteiger partial charge is 0.313 e. The molecule has 3 rings (SSSR count). The molecule has 1 aromatic rings. The molecule has 1 saturated heterocycles. The van der Waals surface area contributed by atoms with Crippen LogP contribution in [0, 0.1) is 0 Å². The lowest BCUT2D eigenvalue weighted by atomic mass is 10.0. The van der Waals surface area contributed by atoms with Gasteiger partial charge >= 0.3 is 11.8 Å². The third-order valence-electron chi connectivity index (χ3n) is 5.31. The van der Waals surface area contributed by atoms with E-state index in [1.807, 2.05) is 12.1 Å². The fraction of sp³-hybridized carbons (Fsp3) is 0.600. The normalized spacial score (nSPS) is 18.0. The van der Waals surface area contributed by atoms with Crippen LogP contribution in [0.3, 0.4) is 0 Å². The minimum Gasteiger partial charge on any atom is -0.345 e. The topological polar surface area (TPSA) is 61.4 Å². The zero-order valence-electron chi connectivity index (χ0n) is 15.1. The molecular weight excluding hydrogens is 314 g/mol. The quantitative estimate of drug-likeness (QED) is 0.808. The number of anilines is 1. The van der Waals surface area contributed by atoms with Crippen molar-refractivity contribution in [2.75, 3.05) is 25.0 Å². The maximum Gasteiger partial charge on any atom is 0.313 e. The number of nitrogens with zero attached hydrogens (tertiary/aromatic N) is 1. The summed E-state index contributed by atoms with van der Waals surface area (Å²) in [6.07, 6.45) is 7.61. The SMILES string of the molecule is CCCCN1CCC(NC(=O)C(=O)Nc2ccc3c(c2)CCC3)CC1. The summed E-state index contributed by atoms with van der Waals surface area (Å²) in [5, 5.41) is 5.63. The molecule has 0 radical (unpaired) electrons. The molecule has 1 fully saturated rings. The van der Waals surface area contributed by atoms with Crippen LogP contribution in [0.5, 0.6) is 0 Å². The minimum absolute atomic E-state index is 0.108. The van der Waals surface area contributed by atoms with Gasteiger partial charge in [-0.2, -0.15) is 0 Å². The number of carbonyl (C=O) groups is 2. The van der Waals surface area contributed by atoms with E-state index in [1.165, 1.54) is 30.4 Å². The first kappa shape index (κ1) is 17.9. The van der Waals surface area contributed by atoms with E-state index < -0.39 is 11.8 Å². The van der Waals surface area contributed by atoms with Crippen molar-refractivity contribution in [3.05, 3.63) is 29.3 Å². The summed E-state index contributed by atoms with van der Waals surface area (Å²) in [6.45, 7) is 5.33. The fourth-order valence-corrected chi connectivity index (χ4v) is 3.77. The van der Waals surface area contributed by atoms with Crippen molar-refractivity contribution < 1.29 is 9.59 Å². The van der Waals surface area contributed by atoms with Crippen molar-refractivity contribution in [3.63, 3.8) is 0 Å². The lowest BCUT2D eigenvalue weighted by Crippen LogP contribution is -2.47.